The highest BCUT2D eigenvalue weighted by molar-refractivity contribution is 5.95. The number of nitrogens with one attached hydrogen (secondary N) is 1. The second kappa shape index (κ2) is 7.36. The Morgan fingerprint density at radius 3 is 2.90 bits per heavy atom. The van der Waals surface area contributed by atoms with Gasteiger partial charge < -0.3 is 11.1 Å². The summed E-state index contributed by atoms with van der Waals surface area (Å²) in [4.78, 5) is 25.2. The average Bonchev–Trinajstić information content (AvgIpc) is 3.20. The van der Waals surface area contributed by atoms with E-state index in [0.717, 1.165) is 0 Å². The minimum atomic E-state index is -0.308. The van der Waals surface area contributed by atoms with E-state index in [9.17, 15) is 10.1 Å². The van der Waals surface area contributed by atoms with Gasteiger partial charge in [-0.25, -0.2) is 19.5 Å². The Bertz CT molecular complexity index is 1260. The van der Waals surface area contributed by atoms with E-state index in [1.165, 1.54) is 6.33 Å². The molecule has 0 aliphatic rings. The molecule has 4 rings (SSSR count). The van der Waals surface area contributed by atoms with Crippen molar-refractivity contribution < 1.29 is 4.79 Å². The molecule has 0 radical (unpaired) electrons. The summed E-state index contributed by atoms with van der Waals surface area (Å²) in [6, 6.07) is 12.4. The average molecular weight is 384 g/mol. The van der Waals surface area contributed by atoms with Crippen LogP contribution in [0.1, 0.15) is 23.0 Å². The van der Waals surface area contributed by atoms with E-state index in [-0.39, 0.29) is 17.4 Å². The highest BCUT2D eigenvalue weighted by Crippen LogP contribution is 2.32. The molecule has 9 nitrogen and oxygen atoms in total. The maximum atomic E-state index is 12.3. The van der Waals surface area contributed by atoms with Crippen LogP contribution in [0.25, 0.3) is 28.2 Å². The van der Waals surface area contributed by atoms with Gasteiger partial charge >= 0.3 is 0 Å². The smallest absolute Gasteiger partial charge is 0.271 e. The molecule has 29 heavy (non-hydrogen) atoms. The fourth-order valence-corrected chi connectivity index (χ4v) is 3.02. The summed E-state index contributed by atoms with van der Waals surface area (Å²) < 4.78 is 1.56. The Morgan fingerprint density at radius 1 is 1.31 bits per heavy atom. The summed E-state index contributed by atoms with van der Waals surface area (Å²) in [6.45, 7) is 2.31. The van der Waals surface area contributed by atoms with Gasteiger partial charge in [0.2, 0.25) is 0 Å². The lowest BCUT2D eigenvalue weighted by Gasteiger charge is -2.12. The first-order chi connectivity index (χ1) is 14.1. The Morgan fingerprint density at radius 2 is 2.17 bits per heavy atom. The molecule has 1 amide bonds. The zero-order valence-electron chi connectivity index (χ0n) is 15.5. The number of fused-ring (bicyclic) bond motifs is 1. The van der Waals surface area contributed by atoms with Crippen molar-refractivity contribution in [3.63, 3.8) is 0 Å². The first kappa shape index (κ1) is 18.1. The zero-order valence-corrected chi connectivity index (χ0v) is 15.5. The topological polar surface area (TPSA) is 135 Å². The molecule has 3 heterocycles. The number of anilines is 1. The summed E-state index contributed by atoms with van der Waals surface area (Å²) in [5, 5.41) is 16.4. The van der Waals surface area contributed by atoms with Gasteiger partial charge in [0.25, 0.3) is 5.91 Å². The molecule has 0 saturated carbocycles. The number of benzene rings is 1. The van der Waals surface area contributed by atoms with Gasteiger partial charge in [-0.2, -0.15) is 10.4 Å². The predicted molar refractivity (Wildman–Crippen MR) is 107 cm³/mol. The van der Waals surface area contributed by atoms with Crippen molar-refractivity contribution in [1.29, 1.82) is 5.26 Å². The molecule has 0 atom stereocenters. The van der Waals surface area contributed by atoms with Gasteiger partial charge in [-0.3, -0.25) is 4.79 Å². The SMILES string of the molecule is CCNC(=O)c1cc2c(N)nc(-c3cccc(C#N)c3)c(-c3ccncn3)n2n1. The molecule has 142 valence electrons. The predicted octanol–water partition coefficient (Wildman–Crippen LogP) is 2.06. The van der Waals surface area contributed by atoms with Crippen molar-refractivity contribution >= 4 is 17.2 Å². The molecule has 4 aromatic rings. The van der Waals surface area contributed by atoms with Gasteiger partial charge in [0.05, 0.1) is 17.3 Å². The molecule has 0 bridgehead atoms. The molecule has 0 saturated heterocycles. The number of hydrogen-bond donors (Lipinski definition) is 2. The first-order valence-electron chi connectivity index (χ1n) is 8.86. The lowest BCUT2D eigenvalue weighted by Crippen LogP contribution is -2.23. The summed E-state index contributed by atoms with van der Waals surface area (Å²) in [5.74, 6) is -0.0968. The van der Waals surface area contributed by atoms with Gasteiger partial charge in [-0.1, -0.05) is 12.1 Å². The normalized spacial score (nSPS) is 10.6. The maximum Gasteiger partial charge on any atom is 0.271 e. The Kier molecular flexibility index (Phi) is 4.58. The summed E-state index contributed by atoms with van der Waals surface area (Å²) in [5.41, 5.74) is 9.67. The first-order valence-corrected chi connectivity index (χ1v) is 8.86. The summed E-state index contributed by atoms with van der Waals surface area (Å²) in [7, 11) is 0. The van der Waals surface area contributed by atoms with Gasteiger partial charge in [0.1, 0.15) is 29.0 Å². The van der Waals surface area contributed by atoms with Crippen molar-refractivity contribution in [2.45, 2.75) is 6.92 Å². The molecular weight excluding hydrogens is 368 g/mol. The summed E-state index contributed by atoms with van der Waals surface area (Å²) >= 11 is 0. The van der Waals surface area contributed by atoms with Crippen LogP contribution < -0.4 is 11.1 Å². The molecular formula is C20H16N8O. The monoisotopic (exact) mass is 384 g/mol. The molecule has 0 aliphatic heterocycles. The van der Waals surface area contributed by atoms with Gasteiger partial charge in [0, 0.05) is 24.4 Å². The standard InChI is InChI=1S/C20H16N8O/c1-2-24-20(29)15-9-16-19(22)26-17(13-5-3-4-12(8-13)10-21)18(28(16)27-15)14-6-7-23-11-25-14/h3-9,11H,2H2,1H3,(H2,22,26)(H,24,29). The summed E-state index contributed by atoms with van der Waals surface area (Å²) in [6.07, 6.45) is 3.02. The van der Waals surface area contributed by atoms with E-state index in [0.29, 0.717) is 40.3 Å². The van der Waals surface area contributed by atoms with Gasteiger partial charge in [0.15, 0.2) is 5.69 Å². The van der Waals surface area contributed by atoms with Crippen molar-refractivity contribution in [3.05, 3.63) is 60.2 Å². The van der Waals surface area contributed by atoms with E-state index in [4.69, 9.17) is 5.73 Å². The highest BCUT2D eigenvalue weighted by atomic mass is 16.1. The zero-order chi connectivity index (χ0) is 20.4. The van der Waals surface area contributed by atoms with E-state index in [2.05, 4.69) is 31.4 Å². The highest BCUT2D eigenvalue weighted by Gasteiger charge is 2.21. The Balaban J connectivity index is 2.05. The fraction of sp³-hybridized carbons (Fsp3) is 0.100. The number of nitrogen functional groups attached to an aromatic ring is 1. The Hall–Kier alpha value is -4.32. The molecule has 9 heteroatoms. The van der Waals surface area contributed by atoms with Gasteiger partial charge in [-0.15, -0.1) is 0 Å². The molecule has 1 aromatic carbocycles. The number of carbonyl (C=O) groups is 1. The van der Waals surface area contributed by atoms with Crippen LogP contribution in [0.2, 0.25) is 0 Å². The number of aromatic nitrogens is 5. The number of rotatable bonds is 4. The van der Waals surface area contributed by atoms with E-state index < -0.39 is 0 Å². The number of amides is 1. The van der Waals surface area contributed by atoms with Crippen LogP contribution in [-0.4, -0.2) is 37.0 Å². The second-order valence-electron chi connectivity index (χ2n) is 6.17. The van der Waals surface area contributed by atoms with Crippen molar-refractivity contribution in [3.8, 4) is 28.7 Å². The van der Waals surface area contributed by atoms with Crippen LogP contribution in [0.15, 0.2) is 48.9 Å². The van der Waals surface area contributed by atoms with Crippen molar-refractivity contribution in [2.75, 3.05) is 12.3 Å². The van der Waals surface area contributed by atoms with E-state index >= 15 is 0 Å². The quantitative estimate of drug-likeness (QED) is 0.550. The van der Waals surface area contributed by atoms with Crippen LogP contribution in [0.5, 0.6) is 0 Å². The van der Waals surface area contributed by atoms with Crippen molar-refractivity contribution in [1.82, 2.24) is 29.9 Å². The maximum absolute atomic E-state index is 12.3. The number of nitrogens with two attached hydrogens (primary N) is 1. The van der Waals surface area contributed by atoms with Crippen molar-refractivity contribution in [2.24, 2.45) is 0 Å². The molecule has 0 unspecified atom stereocenters. The third kappa shape index (κ3) is 3.23. The largest absolute Gasteiger partial charge is 0.382 e. The van der Waals surface area contributed by atoms with Crippen LogP contribution >= 0.6 is 0 Å². The minimum Gasteiger partial charge on any atom is -0.382 e. The Labute approximate surface area is 165 Å². The fourth-order valence-electron chi connectivity index (χ4n) is 3.02. The molecule has 0 aliphatic carbocycles. The number of nitriles is 1. The second-order valence-corrected chi connectivity index (χ2v) is 6.17. The third-order valence-electron chi connectivity index (χ3n) is 4.30. The molecule has 0 spiro atoms. The van der Waals surface area contributed by atoms with Crippen LogP contribution in [-0.2, 0) is 0 Å². The lowest BCUT2D eigenvalue weighted by molar-refractivity contribution is 0.0950. The van der Waals surface area contributed by atoms with E-state index in [1.807, 2.05) is 13.0 Å². The lowest BCUT2D eigenvalue weighted by atomic mass is 10.0. The van der Waals surface area contributed by atoms with E-state index in [1.54, 1.807) is 41.0 Å². The number of carbonyl (C=O) groups excluding carboxylic acids is 1. The number of nitrogens with zero attached hydrogens (tertiary/aromatic N) is 6. The molecule has 3 aromatic heterocycles. The minimum absolute atomic E-state index is 0.211. The molecule has 0 fully saturated rings. The van der Waals surface area contributed by atoms with Crippen LogP contribution in [0.4, 0.5) is 5.82 Å². The van der Waals surface area contributed by atoms with Crippen LogP contribution in [0, 0.1) is 11.3 Å². The third-order valence-corrected chi connectivity index (χ3v) is 4.30. The number of hydrogen-bond acceptors (Lipinski definition) is 7. The van der Waals surface area contributed by atoms with Crippen LogP contribution in [0.3, 0.4) is 0 Å². The van der Waals surface area contributed by atoms with Gasteiger partial charge in [-0.05, 0) is 25.1 Å². The molecule has 3 N–H and O–H groups in total.